The number of nitrogens with zero attached hydrogens (tertiary/aromatic N) is 5. The number of rotatable bonds is 6. The van der Waals surface area contributed by atoms with E-state index in [1.54, 1.807) is 24.2 Å². The van der Waals surface area contributed by atoms with Crippen LogP contribution in [0.3, 0.4) is 0 Å². The highest BCUT2D eigenvalue weighted by Crippen LogP contribution is 2.30. The van der Waals surface area contributed by atoms with Gasteiger partial charge in [-0.2, -0.15) is 0 Å². The van der Waals surface area contributed by atoms with Crippen molar-refractivity contribution in [1.82, 2.24) is 24.5 Å². The van der Waals surface area contributed by atoms with Gasteiger partial charge in [-0.05, 0) is 48.7 Å². The molecule has 188 valence electrons. The van der Waals surface area contributed by atoms with Crippen molar-refractivity contribution < 1.29 is 9.15 Å². The van der Waals surface area contributed by atoms with E-state index in [0.29, 0.717) is 17.9 Å². The zero-order chi connectivity index (χ0) is 26.2. The fraction of sp³-hybridized carbons (Fsp3) is 0.133. The Balaban J connectivity index is 1.29. The van der Waals surface area contributed by atoms with Crippen molar-refractivity contribution >= 4 is 11.0 Å². The molecule has 0 bridgehead atoms. The van der Waals surface area contributed by atoms with Crippen molar-refractivity contribution in [2.45, 2.75) is 20.4 Å². The summed E-state index contributed by atoms with van der Waals surface area (Å²) in [5, 5.41) is 9.57. The summed E-state index contributed by atoms with van der Waals surface area (Å²) in [6.45, 7) is 4.46. The summed E-state index contributed by atoms with van der Waals surface area (Å²) < 4.78 is 14.9. The van der Waals surface area contributed by atoms with Crippen LogP contribution >= 0.6 is 0 Å². The molecule has 0 atom stereocenters. The van der Waals surface area contributed by atoms with Crippen molar-refractivity contribution in [3.05, 3.63) is 113 Å². The number of methoxy groups -OCH3 is 1. The highest BCUT2D eigenvalue weighted by molar-refractivity contribution is 5.93. The highest BCUT2D eigenvalue weighted by atomic mass is 16.5. The van der Waals surface area contributed by atoms with Gasteiger partial charge < -0.3 is 13.7 Å². The molecule has 0 saturated carbocycles. The third-order valence-electron chi connectivity index (χ3n) is 6.49. The Bertz CT molecular complexity index is 1850. The van der Waals surface area contributed by atoms with Gasteiger partial charge in [-0.3, -0.25) is 0 Å². The van der Waals surface area contributed by atoms with E-state index in [-0.39, 0.29) is 5.63 Å². The molecule has 0 unspecified atom stereocenters. The summed E-state index contributed by atoms with van der Waals surface area (Å²) in [7, 11) is 1.64. The number of imidazole rings is 1. The smallest absolute Gasteiger partial charge is 0.336 e. The molecule has 8 nitrogen and oxygen atoms in total. The van der Waals surface area contributed by atoms with Crippen LogP contribution in [-0.4, -0.2) is 31.7 Å². The molecule has 0 aliphatic heterocycles. The largest absolute Gasteiger partial charge is 0.495 e. The Hall–Kier alpha value is -4.98. The molecule has 6 aromatic rings. The summed E-state index contributed by atoms with van der Waals surface area (Å²) in [6.07, 6.45) is 5.60. The number of aromatic nitrogens is 5. The second-order valence-corrected chi connectivity index (χ2v) is 9.29. The Kier molecular flexibility index (Phi) is 5.84. The second kappa shape index (κ2) is 9.48. The van der Waals surface area contributed by atoms with Crippen LogP contribution < -0.4 is 10.4 Å². The molecule has 3 aromatic carbocycles. The van der Waals surface area contributed by atoms with E-state index in [1.807, 2.05) is 85.4 Å². The normalized spacial score (nSPS) is 11.2. The zero-order valence-electron chi connectivity index (χ0n) is 21.3. The van der Waals surface area contributed by atoms with Crippen LogP contribution in [0, 0.1) is 13.8 Å². The maximum atomic E-state index is 12.4. The first kappa shape index (κ1) is 23.4. The molecule has 38 heavy (non-hydrogen) atoms. The molecule has 0 amide bonds. The van der Waals surface area contributed by atoms with Crippen molar-refractivity contribution in [3.63, 3.8) is 0 Å². The van der Waals surface area contributed by atoms with E-state index in [2.05, 4.69) is 21.4 Å². The Labute approximate surface area is 218 Å². The first-order valence-corrected chi connectivity index (χ1v) is 12.2. The van der Waals surface area contributed by atoms with E-state index in [4.69, 9.17) is 9.15 Å². The van der Waals surface area contributed by atoms with E-state index >= 15 is 0 Å². The quantitative estimate of drug-likeness (QED) is 0.276. The number of ether oxygens (including phenoxy) is 1. The van der Waals surface area contributed by atoms with Crippen molar-refractivity contribution in [2.75, 3.05) is 7.11 Å². The fourth-order valence-corrected chi connectivity index (χ4v) is 4.66. The highest BCUT2D eigenvalue weighted by Gasteiger charge is 2.13. The van der Waals surface area contributed by atoms with Crippen LogP contribution in [0.4, 0.5) is 0 Å². The topological polar surface area (TPSA) is 88.0 Å². The van der Waals surface area contributed by atoms with Gasteiger partial charge in [0.1, 0.15) is 17.0 Å². The van der Waals surface area contributed by atoms with Gasteiger partial charge in [0, 0.05) is 23.2 Å². The SMILES string of the molecule is COc1cc(-c2cn(Cc3ccc4c(-c5cccc(C)c5)cc(=O)oc4c3)nn2)ccc1-n1cnc(C)c1. The molecule has 0 N–H and O–H groups in total. The lowest BCUT2D eigenvalue weighted by atomic mass is 9.99. The van der Waals surface area contributed by atoms with Crippen LogP contribution in [0.1, 0.15) is 16.8 Å². The van der Waals surface area contributed by atoms with Crippen LogP contribution in [-0.2, 0) is 6.54 Å². The van der Waals surface area contributed by atoms with Crippen LogP contribution in [0.25, 0.3) is 39.0 Å². The van der Waals surface area contributed by atoms with E-state index in [9.17, 15) is 4.79 Å². The number of benzene rings is 3. The third-order valence-corrected chi connectivity index (χ3v) is 6.49. The summed E-state index contributed by atoms with van der Waals surface area (Å²) in [5.74, 6) is 0.712. The van der Waals surface area contributed by atoms with Gasteiger partial charge in [-0.15, -0.1) is 5.10 Å². The third kappa shape index (κ3) is 4.48. The molecular formula is C30H25N5O3. The first-order chi connectivity index (χ1) is 18.5. The molecule has 3 aromatic heterocycles. The van der Waals surface area contributed by atoms with Crippen LogP contribution in [0.2, 0.25) is 0 Å². The lowest BCUT2D eigenvalue weighted by molar-refractivity contribution is 0.413. The predicted octanol–water partition coefficient (Wildman–Crippen LogP) is 5.58. The van der Waals surface area contributed by atoms with Gasteiger partial charge in [-0.1, -0.05) is 53.2 Å². The number of hydrogen-bond acceptors (Lipinski definition) is 6. The number of fused-ring (bicyclic) bond motifs is 1. The fourth-order valence-electron chi connectivity index (χ4n) is 4.66. The molecule has 3 heterocycles. The summed E-state index contributed by atoms with van der Waals surface area (Å²) in [5.41, 5.74) is 7.53. The Morgan fingerprint density at radius 1 is 0.947 bits per heavy atom. The molecule has 0 aliphatic carbocycles. The molecule has 6 rings (SSSR count). The van der Waals surface area contributed by atoms with Gasteiger partial charge in [0.2, 0.25) is 0 Å². The average molecular weight is 504 g/mol. The van der Waals surface area contributed by atoms with Crippen LogP contribution in [0.15, 0.2) is 94.7 Å². The van der Waals surface area contributed by atoms with E-state index < -0.39 is 0 Å². The molecule has 0 aliphatic rings. The summed E-state index contributed by atoms with van der Waals surface area (Å²) >= 11 is 0. The monoisotopic (exact) mass is 503 g/mol. The van der Waals surface area contributed by atoms with Gasteiger partial charge >= 0.3 is 5.63 Å². The summed E-state index contributed by atoms with van der Waals surface area (Å²) in [6, 6.07) is 21.5. The van der Waals surface area contributed by atoms with Gasteiger partial charge in [0.15, 0.2) is 0 Å². The van der Waals surface area contributed by atoms with Gasteiger partial charge in [-0.25, -0.2) is 14.5 Å². The Morgan fingerprint density at radius 2 is 1.84 bits per heavy atom. The minimum absolute atomic E-state index is 0.377. The lowest BCUT2D eigenvalue weighted by Gasteiger charge is -2.10. The van der Waals surface area contributed by atoms with Crippen molar-refractivity contribution in [2.24, 2.45) is 0 Å². The van der Waals surface area contributed by atoms with E-state index in [1.165, 1.54) is 0 Å². The first-order valence-electron chi connectivity index (χ1n) is 12.2. The molecule has 0 spiro atoms. The molecule has 0 fully saturated rings. The second-order valence-electron chi connectivity index (χ2n) is 9.29. The molecule has 0 radical (unpaired) electrons. The van der Waals surface area contributed by atoms with Gasteiger partial charge in [0.25, 0.3) is 0 Å². The summed E-state index contributed by atoms with van der Waals surface area (Å²) in [4.78, 5) is 16.6. The number of hydrogen-bond donors (Lipinski definition) is 0. The maximum absolute atomic E-state index is 12.4. The maximum Gasteiger partial charge on any atom is 0.336 e. The average Bonchev–Trinajstić information content (AvgIpc) is 3.56. The standard InChI is InChI=1S/C30H25N5O3/c1-19-5-4-6-22(11-19)25-14-30(36)38-28-12-21(7-9-24(25)28)16-35-17-26(32-33-35)23-8-10-27(29(13-23)37-3)34-15-20(2)31-18-34/h4-15,17-18H,16H2,1-3H3. The number of aryl methyl sites for hydroxylation is 2. The van der Waals surface area contributed by atoms with Gasteiger partial charge in [0.05, 0.1) is 37.6 Å². The molecular weight excluding hydrogens is 478 g/mol. The van der Waals surface area contributed by atoms with Crippen molar-refractivity contribution in [3.8, 4) is 33.8 Å². The zero-order valence-corrected chi connectivity index (χ0v) is 21.3. The Morgan fingerprint density at radius 3 is 2.63 bits per heavy atom. The minimum atomic E-state index is -0.377. The minimum Gasteiger partial charge on any atom is -0.495 e. The van der Waals surface area contributed by atoms with Crippen molar-refractivity contribution in [1.29, 1.82) is 0 Å². The predicted molar refractivity (Wildman–Crippen MR) is 146 cm³/mol. The molecule has 8 heteroatoms. The van der Waals surface area contributed by atoms with E-state index in [0.717, 1.165) is 50.3 Å². The van der Waals surface area contributed by atoms with Crippen LogP contribution in [0.5, 0.6) is 5.75 Å². The molecule has 0 saturated heterocycles. The lowest BCUT2D eigenvalue weighted by Crippen LogP contribution is -2.02.